The number of nitrogens with one attached hydrogen (secondary N) is 4. The molecule has 4 heterocycles. The van der Waals surface area contributed by atoms with Gasteiger partial charge in [-0.2, -0.15) is 0 Å². The number of hydrogen-bond donors (Lipinski definition) is 4. The van der Waals surface area contributed by atoms with Gasteiger partial charge in [0, 0.05) is 24.2 Å². The zero-order valence-corrected chi connectivity index (χ0v) is 53.2. The molecule has 12 N–H and O–H groups in total. The van der Waals surface area contributed by atoms with E-state index in [1.807, 2.05) is 0 Å². The maximum atomic E-state index is 7.04. The van der Waals surface area contributed by atoms with Crippen molar-refractivity contribution < 1.29 is 59.8 Å². The zero-order chi connectivity index (χ0) is 51.1. The van der Waals surface area contributed by atoms with E-state index in [1.54, 1.807) is 56.9 Å². The van der Waals surface area contributed by atoms with Gasteiger partial charge in [0.05, 0.1) is 77.0 Å². The number of methoxy groups -OCH3 is 8. The first-order chi connectivity index (χ1) is 35.0. The highest BCUT2D eigenvalue weighted by Crippen LogP contribution is 2.49. The van der Waals surface area contributed by atoms with Gasteiger partial charge in [0.25, 0.3) is 0 Å². The van der Waals surface area contributed by atoms with Crippen LogP contribution in [0.1, 0.15) is 133 Å². The van der Waals surface area contributed by atoms with Crippen LogP contribution in [0.5, 0.6) is 46.0 Å². The molecule has 0 bridgehead atoms. The van der Waals surface area contributed by atoms with Crippen molar-refractivity contribution in [1.29, 1.82) is 0 Å². The largest absolute Gasteiger partial charge is 0.493 e. The standard InChI is InChI=1S/C56H74Cl4N4O8.4ClH.4H2O/c1-65-45-27-37-33(49(57)53(45)69-5)19-23-61-41(37)15-11-31(12-16-42-38-28-46(66-2)54(70-6)50(58)34(38)20-24-62-42)9-10-32(13-17-43-39-29-47(67-3)55(71-7)51(59)35(39)21-25-63-43)14-18-44-40-30-48(68-4)56(72-8)52(60)36(40)22-26-64-44;;;;;;;;/h27-32,41-44,61-64H,9-26H2,1-8H3;4*1H;4*1H2. The predicted molar refractivity (Wildman–Crippen MR) is 333 cm³/mol. The lowest BCUT2D eigenvalue weighted by molar-refractivity contribution is 0.278. The minimum absolute atomic E-state index is 0. The van der Waals surface area contributed by atoms with Gasteiger partial charge in [-0.25, -0.2) is 0 Å². The summed E-state index contributed by atoms with van der Waals surface area (Å²) in [7, 11) is 13.3. The van der Waals surface area contributed by atoms with Gasteiger partial charge >= 0.3 is 0 Å². The Morgan fingerprint density at radius 1 is 0.350 bits per heavy atom. The maximum Gasteiger partial charge on any atom is 0.179 e. The van der Waals surface area contributed by atoms with Crippen molar-refractivity contribution in [2.75, 3.05) is 83.1 Å². The molecule has 0 radical (unpaired) electrons. The van der Waals surface area contributed by atoms with Crippen molar-refractivity contribution in [3.63, 3.8) is 0 Å². The minimum atomic E-state index is 0. The molecule has 4 aliphatic rings. The van der Waals surface area contributed by atoms with Crippen molar-refractivity contribution in [2.24, 2.45) is 11.8 Å². The van der Waals surface area contributed by atoms with E-state index in [-0.39, 0.29) is 95.7 Å². The molecule has 0 aromatic heterocycles. The van der Waals surface area contributed by atoms with Crippen LogP contribution < -0.4 is 59.2 Å². The lowest BCUT2D eigenvalue weighted by Gasteiger charge is -2.33. The average Bonchev–Trinajstić information content (AvgIpc) is 3.40. The van der Waals surface area contributed by atoms with Crippen LogP contribution in [0.3, 0.4) is 0 Å². The number of rotatable bonds is 23. The Balaban J connectivity index is 0.00000780. The third-order valence-electron chi connectivity index (χ3n) is 16.0. The highest BCUT2D eigenvalue weighted by Gasteiger charge is 2.33. The lowest BCUT2D eigenvalue weighted by Crippen LogP contribution is -2.32. The molecule has 16 nitrogen and oxygen atoms in total. The van der Waals surface area contributed by atoms with Crippen LogP contribution in [0.25, 0.3) is 0 Å². The van der Waals surface area contributed by atoms with Crippen LogP contribution in [0.4, 0.5) is 0 Å². The summed E-state index contributed by atoms with van der Waals surface area (Å²) in [4.78, 5) is 0. The van der Waals surface area contributed by atoms with E-state index in [0.29, 0.717) is 77.9 Å². The highest BCUT2D eigenvalue weighted by atomic mass is 35.5. The first kappa shape index (κ1) is 77.3. The van der Waals surface area contributed by atoms with Crippen molar-refractivity contribution in [2.45, 2.75) is 114 Å². The molecule has 8 rings (SSSR count). The maximum absolute atomic E-state index is 7.04. The van der Waals surface area contributed by atoms with Crippen molar-refractivity contribution in [1.82, 2.24) is 21.3 Å². The summed E-state index contributed by atoms with van der Waals surface area (Å²) >= 11 is 28.2. The van der Waals surface area contributed by atoms with Crippen molar-refractivity contribution >= 4 is 96.0 Å². The van der Waals surface area contributed by atoms with Crippen LogP contribution in [-0.2, 0) is 25.7 Å². The number of benzene rings is 4. The Labute approximate surface area is 517 Å². The molecule has 4 aromatic carbocycles. The molecule has 4 unspecified atom stereocenters. The van der Waals surface area contributed by atoms with E-state index < -0.39 is 0 Å². The van der Waals surface area contributed by atoms with Gasteiger partial charge in [-0.3, -0.25) is 0 Å². The Morgan fingerprint density at radius 3 is 0.725 bits per heavy atom. The topological polar surface area (TPSA) is 248 Å². The van der Waals surface area contributed by atoms with Gasteiger partial charge in [-0.1, -0.05) is 59.2 Å². The Hall–Kier alpha value is -2.72. The van der Waals surface area contributed by atoms with Crippen LogP contribution in [0.2, 0.25) is 20.1 Å². The van der Waals surface area contributed by atoms with Crippen LogP contribution in [0, 0.1) is 11.8 Å². The quantitative estimate of drug-likeness (QED) is 0.0542. The Kier molecular flexibility index (Phi) is 35.0. The number of halogens is 8. The lowest BCUT2D eigenvalue weighted by atomic mass is 9.80. The van der Waals surface area contributed by atoms with Crippen molar-refractivity contribution in [3.8, 4) is 46.0 Å². The average molecular weight is 1290 g/mol. The summed E-state index contributed by atoms with van der Waals surface area (Å²) in [6.07, 6.45) is 13.5. The second-order valence-electron chi connectivity index (χ2n) is 19.6. The molecule has 458 valence electrons. The van der Waals surface area contributed by atoms with Crippen LogP contribution in [-0.4, -0.2) is 105 Å². The van der Waals surface area contributed by atoms with Crippen molar-refractivity contribution in [3.05, 3.63) is 88.9 Å². The minimum Gasteiger partial charge on any atom is -0.493 e. The second kappa shape index (κ2) is 36.2. The molecular formula is C56H86Cl8N4O12. The fourth-order valence-corrected chi connectivity index (χ4v) is 13.7. The molecular weight excluding hydrogens is 1200 g/mol. The molecule has 0 fully saturated rings. The number of ether oxygens (including phenoxy) is 8. The first-order valence-corrected chi connectivity index (χ1v) is 27.2. The van der Waals surface area contributed by atoms with Gasteiger partial charge in [-0.05, 0) is 184 Å². The smallest absolute Gasteiger partial charge is 0.179 e. The van der Waals surface area contributed by atoms with E-state index in [4.69, 9.17) is 84.3 Å². The molecule has 0 amide bonds. The van der Waals surface area contributed by atoms with Crippen LogP contribution in [0.15, 0.2) is 24.3 Å². The number of hydrogen-bond acceptors (Lipinski definition) is 12. The molecule has 4 aliphatic heterocycles. The summed E-state index contributed by atoms with van der Waals surface area (Å²) in [5.74, 6) is 5.90. The highest BCUT2D eigenvalue weighted by molar-refractivity contribution is 6.34. The summed E-state index contributed by atoms with van der Waals surface area (Å²) in [6.45, 7) is 3.38. The van der Waals surface area contributed by atoms with E-state index in [2.05, 4.69) is 45.5 Å². The molecule has 80 heavy (non-hydrogen) atoms. The summed E-state index contributed by atoms with van der Waals surface area (Å²) in [5.41, 5.74) is 9.36. The van der Waals surface area contributed by atoms with Gasteiger partial charge in [0.2, 0.25) is 0 Å². The molecule has 0 saturated heterocycles. The van der Waals surface area contributed by atoms with Gasteiger partial charge < -0.3 is 81.1 Å². The molecule has 0 aliphatic carbocycles. The predicted octanol–water partition coefficient (Wildman–Crippen LogP) is 10.7. The third-order valence-corrected chi connectivity index (χ3v) is 17.6. The third kappa shape index (κ3) is 16.6. The summed E-state index contributed by atoms with van der Waals surface area (Å²) < 4.78 is 46.1. The molecule has 0 saturated carbocycles. The Bertz CT molecular complexity index is 2220. The molecule has 24 heteroatoms. The van der Waals surface area contributed by atoms with Gasteiger partial charge in [0.1, 0.15) is 0 Å². The normalized spacial score (nSPS) is 18.0. The summed E-state index contributed by atoms with van der Waals surface area (Å²) in [6, 6.07) is 9.04. The monoisotopic (exact) mass is 1290 g/mol. The second-order valence-corrected chi connectivity index (χ2v) is 21.1. The van der Waals surface area contributed by atoms with Crippen LogP contribution >= 0.6 is 96.0 Å². The van der Waals surface area contributed by atoms with E-state index in [9.17, 15) is 0 Å². The van der Waals surface area contributed by atoms with E-state index >= 15 is 0 Å². The molecule has 4 aromatic rings. The zero-order valence-electron chi connectivity index (χ0n) is 46.9. The van der Waals surface area contributed by atoms with E-state index in [1.165, 1.54) is 22.3 Å². The fraction of sp³-hybridized carbons (Fsp3) is 0.571. The number of fused-ring (bicyclic) bond motifs is 4. The summed E-state index contributed by atoms with van der Waals surface area (Å²) in [5, 5.41) is 18.0. The molecule has 4 atom stereocenters. The van der Waals surface area contributed by atoms with E-state index in [0.717, 1.165) is 138 Å². The fourth-order valence-electron chi connectivity index (χ4n) is 12.2. The SMILES string of the molecule is COc1cc2c(c(Cl)c1OC)CCNC2CCC(CCC(CCC1NCCc2c1cc(OC)c(OC)c2Cl)CCC1NCCc2c1cc(OC)c(OC)c2Cl)CCC1NCCc2c1cc(OC)c(OC)c2Cl.Cl.Cl.Cl.Cl.O.O.O.O. The Morgan fingerprint density at radius 2 is 0.550 bits per heavy atom. The first-order valence-electron chi connectivity index (χ1n) is 25.7. The van der Waals surface area contributed by atoms with Gasteiger partial charge in [0.15, 0.2) is 46.0 Å². The molecule has 0 spiro atoms. The van der Waals surface area contributed by atoms with Gasteiger partial charge in [-0.15, -0.1) is 49.6 Å².